The molecule has 1 unspecified atom stereocenters. The molecule has 0 rings (SSSR count). The monoisotopic (exact) mass is 186 g/mol. The van der Waals surface area contributed by atoms with E-state index in [2.05, 4.69) is 11.9 Å². The molecule has 12 heavy (non-hydrogen) atoms. The fourth-order valence-electron chi connectivity index (χ4n) is 0.637. The Labute approximate surface area is 78.0 Å². The van der Waals surface area contributed by atoms with Crippen LogP contribution in [-0.2, 0) is 4.79 Å². The second kappa shape index (κ2) is 5.71. The summed E-state index contributed by atoms with van der Waals surface area (Å²) in [5.74, 6) is -0.0833. The number of nitrogens with two attached hydrogens (primary N) is 1. The van der Waals surface area contributed by atoms with Crippen LogP contribution in [0.2, 0.25) is 0 Å². The Hall–Kier alpha value is -0.900. The van der Waals surface area contributed by atoms with Gasteiger partial charge in [-0.05, 0) is 0 Å². The van der Waals surface area contributed by atoms with Gasteiger partial charge in [-0.2, -0.15) is 0 Å². The lowest BCUT2D eigenvalue weighted by Crippen LogP contribution is -2.29. The molecule has 0 bridgehead atoms. The number of thiocarbonyl (C=S) groups is 1. The highest BCUT2D eigenvalue weighted by atomic mass is 32.1. The van der Waals surface area contributed by atoms with E-state index in [0.717, 1.165) is 0 Å². The Balaban J connectivity index is 3.68. The molecular weight excluding hydrogens is 172 g/mol. The van der Waals surface area contributed by atoms with E-state index in [1.54, 1.807) is 6.08 Å². The predicted molar refractivity (Wildman–Crippen MR) is 53.8 cm³/mol. The van der Waals surface area contributed by atoms with E-state index in [9.17, 15) is 4.79 Å². The van der Waals surface area contributed by atoms with Gasteiger partial charge in [0.1, 0.15) is 0 Å². The number of carbonyl (C=O) groups excluding carboxylic acids is 1. The van der Waals surface area contributed by atoms with E-state index in [-0.39, 0.29) is 11.8 Å². The minimum absolute atomic E-state index is 0.0372. The molecule has 0 fully saturated rings. The summed E-state index contributed by atoms with van der Waals surface area (Å²) in [4.78, 5) is 11.4. The van der Waals surface area contributed by atoms with Gasteiger partial charge in [-0.25, -0.2) is 0 Å². The van der Waals surface area contributed by atoms with Crippen LogP contribution in [0.1, 0.15) is 13.3 Å². The van der Waals surface area contributed by atoms with Crippen LogP contribution in [0.15, 0.2) is 12.7 Å². The van der Waals surface area contributed by atoms with Crippen LogP contribution in [0.4, 0.5) is 0 Å². The van der Waals surface area contributed by atoms with Crippen molar-refractivity contribution >= 4 is 23.1 Å². The molecule has 0 spiro atoms. The van der Waals surface area contributed by atoms with E-state index < -0.39 is 0 Å². The zero-order chi connectivity index (χ0) is 9.56. The topological polar surface area (TPSA) is 55.1 Å². The van der Waals surface area contributed by atoms with Crippen LogP contribution in [0.25, 0.3) is 0 Å². The number of rotatable bonds is 5. The predicted octanol–water partition coefficient (Wildman–Crippen LogP) is 0.601. The molecule has 0 aromatic heterocycles. The van der Waals surface area contributed by atoms with Crippen LogP contribution in [0, 0.1) is 5.92 Å². The van der Waals surface area contributed by atoms with Crippen molar-refractivity contribution in [2.75, 3.05) is 6.54 Å². The first kappa shape index (κ1) is 11.1. The normalized spacial score (nSPS) is 11.8. The molecule has 0 radical (unpaired) electrons. The summed E-state index contributed by atoms with van der Waals surface area (Å²) >= 11 is 4.73. The maximum Gasteiger partial charge on any atom is 0.220 e. The van der Waals surface area contributed by atoms with E-state index in [0.29, 0.717) is 18.0 Å². The summed E-state index contributed by atoms with van der Waals surface area (Å²) in [6, 6.07) is 0. The van der Waals surface area contributed by atoms with E-state index >= 15 is 0 Å². The molecule has 0 saturated heterocycles. The fraction of sp³-hybridized carbons (Fsp3) is 0.500. The van der Waals surface area contributed by atoms with E-state index in [4.69, 9.17) is 18.0 Å². The molecule has 0 aromatic carbocycles. The van der Waals surface area contributed by atoms with Crippen LogP contribution < -0.4 is 11.1 Å². The lowest BCUT2D eigenvalue weighted by molar-refractivity contribution is -0.121. The summed E-state index contributed by atoms with van der Waals surface area (Å²) in [5.41, 5.74) is 5.34. The molecule has 3 nitrogen and oxygen atoms in total. The van der Waals surface area contributed by atoms with Gasteiger partial charge in [-0.15, -0.1) is 6.58 Å². The van der Waals surface area contributed by atoms with Crippen molar-refractivity contribution in [1.29, 1.82) is 0 Å². The fourth-order valence-corrected chi connectivity index (χ4v) is 0.720. The summed E-state index contributed by atoms with van der Waals surface area (Å²) in [6.45, 7) is 5.80. The van der Waals surface area contributed by atoms with Crippen molar-refractivity contribution in [3.63, 3.8) is 0 Å². The number of hydrogen-bond acceptors (Lipinski definition) is 2. The highest BCUT2D eigenvalue weighted by Crippen LogP contribution is 2.00. The molecule has 0 heterocycles. The Morgan fingerprint density at radius 3 is 2.83 bits per heavy atom. The zero-order valence-corrected chi connectivity index (χ0v) is 7.99. The summed E-state index contributed by atoms with van der Waals surface area (Å²) in [6.07, 6.45) is 1.98. The molecule has 0 aliphatic rings. The van der Waals surface area contributed by atoms with Crippen LogP contribution in [0.5, 0.6) is 0 Å². The Morgan fingerprint density at radius 1 is 1.83 bits per heavy atom. The van der Waals surface area contributed by atoms with Crippen molar-refractivity contribution in [2.24, 2.45) is 11.7 Å². The Kier molecular flexibility index (Phi) is 5.28. The van der Waals surface area contributed by atoms with Gasteiger partial charge in [-0.1, -0.05) is 25.2 Å². The quantitative estimate of drug-likeness (QED) is 0.488. The highest BCUT2D eigenvalue weighted by molar-refractivity contribution is 7.80. The first-order chi connectivity index (χ1) is 5.57. The average Bonchev–Trinajstić information content (AvgIpc) is 2.00. The van der Waals surface area contributed by atoms with Crippen LogP contribution in [-0.4, -0.2) is 17.4 Å². The number of amides is 1. The van der Waals surface area contributed by atoms with Crippen molar-refractivity contribution < 1.29 is 4.79 Å². The average molecular weight is 186 g/mol. The SMILES string of the molecule is C=CCNC(=O)CC(C)C(N)=S. The molecule has 68 valence electrons. The second-order valence-electron chi connectivity index (χ2n) is 2.60. The van der Waals surface area contributed by atoms with Crippen molar-refractivity contribution in [2.45, 2.75) is 13.3 Å². The number of nitrogens with one attached hydrogen (secondary N) is 1. The van der Waals surface area contributed by atoms with Gasteiger partial charge < -0.3 is 11.1 Å². The maximum atomic E-state index is 11.0. The third-order valence-corrected chi connectivity index (χ3v) is 1.82. The van der Waals surface area contributed by atoms with Gasteiger partial charge >= 0.3 is 0 Å². The third kappa shape index (κ3) is 4.85. The van der Waals surface area contributed by atoms with Gasteiger partial charge in [0.15, 0.2) is 0 Å². The summed E-state index contributed by atoms with van der Waals surface area (Å²) in [7, 11) is 0. The van der Waals surface area contributed by atoms with E-state index in [1.165, 1.54) is 0 Å². The van der Waals surface area contributed by atoms with Crippen LogP contribution >= 0.6 is 12.2 Å². The number of carbonyl (C=O) groups is 1. The zero-order valence-electron chi connectivity index (χ0n) is 7.17. The first-order valence-corrected chi connectivity index (χ1v) is 4.15. The van der Waals surface area contributed by atoms with Gasteiger partial charge in [0.25, 0.3) is 0 Å². The minimum atomic E-state index is -0.0461. The Bertz CT molecular complexity index is 191. The summed E-state index contributed by atoms with van der Waals surface area (Å²) < 4.78 is 0. The van der Waals surface area contributed by atoms with Gasteiger partial charge in [0, 0.05) is 18.9 Å². The molecule has 0 aliphatic carbocycles. The summed E-state index contributed by atoms with van der Waals surface area (Å²) in [5, 5.41) is 2.65. The molecule has 1 amide bonds. The molecule has 3 N–H and O–H groups in total. The molecule has 4 heteroatoms. The first-order valence-electron chi connectivity index (χ1n) is 3.74. The Morgan fingerprint density at radius 2 is 2.42 bits per heavy atom. The number of hydrogen-bond donors (Lipinski definition) is 2. The molecule has 0 aliphatic heterocycles. The van der Waals surface area contributed by atoms with Gasteiger partial charge in [-0.3, -0.25) is 4.79 Å². The van der Waals surface area contributed by atoms with Crippen molar-refractivity contribution in [3.8, 4) is 0 Å². The lowest BCUT2D eigenvalue weighted by Gasteiger charge is -2.08. The molecule has 1 atom stereocenters. The van der Waals surface area contributed by atoms with Crippen molar-refractivity contribution in [3.05, 3.63) is 12.7 Å². The molecular formula is C8H14N2OS. The van der Waals surface area contributed by atoms with Crippen LogP contribution in [0.3, 0.4) is 0 Å². The van der Waals surface area contributed by atoms with Gasteiger partial charge in [0.2, 0.25) is 5.91 Å². The minimum Gasteiger partial charge on any atom is -0.393 e. The maximum absolute atomic E-state index is 11.0. The largest absolute Gasteiger partial charge is 0.393 e. The molecule has 0 aromatic rings. The lowest BCUT2D eigenvalue weighted by atomic mass is 10.1. The standard InChI is InChI=1S/C8H14N2OS/c1-3-4-10-7(11)5-6(2)8(9)12/h3,6H,1,4-5H2,2H3,(H2,9,12)(H,10,11). The smallest absolute Gasteiger partial charge is 0.220 e. The van der Waals surface area contributed by atoms with Crippen molar-refractivity contribution in [1.82, 2.24) is 5.32 Å². The highest BCUT2D eigenvalue weighted by Gasteiger charge is 2.09. The van der Waals surface area contributed by atoms with Gasteiger partial charge in [0.05, 0.1) is 4.99 Å². The third-order valence-electron chi connectivity index (χ3n) is 1.42. The van der Waals surface area contributed by atoms with E-state index in [1.807, 2.05) is 6.92 Å². The second-order valence-corrected chi connectivity index (χ2v) is 3.07. The molecule has 0 saturated carbocycles.